The maximum Gasteiger partial charge on any atom is 0.312 e. The molecule has 0 fully saturated rings. The van der Waals surface area contributed by atoms with Crippen LogP contribution in [0.4, 0.5) is 0 Å². The fourth-order valence-corrected chi connectivity index (χ4v) is 4.76. The molecule has 0 aromatic heterocycles. The van der Waals surface area contributed by atoms with Crippen LogP contribution in [0.1, 0.15) is 106 Å². The monoisotopic (exact) mass is 556 g/mol. The van der Waals surface area contributed by atoms with E-state index in [9.17, 15) is 19.2 Å². The normalized spacial score (nSPS) is 20.0. The van der Waals surface area contributed by atoms with E-state index in [1.165, 1.54) is 58.8 Å². The Morgan fingerprint density at radius 1 is 0.868 bits per heavy atom. The molecule has 0 amide bonds. The molecule has 0 bridgehead atoms. The SMILES string of the molecule is CCCCCCCCCCCCSC(=O)[C@H](OC(=O)C(C)(C)C)[C@@H]1C=C[C@H](OC(C)=O)[C@@H](COC(C)=O)O1. The van der Waals surface area contributed by atoms with Gasteiger partial charge in [0.1, 0.15) is 24.9 Å². The third kappa shape index (κ3) is 14.3. The van der Waals surface area contributed by atoms with E-state index in [1.807, 2.05) is 0 Å². The minimum absolute atomic E-state index is 0.173. The highest BCUT2D eigenvalue weighted by Crippen LogP contribution is 2.27. The van der Waals surface area contributed by atoms with Gasteiger partial charge in [0.15, 0.2) is 6.10 Å². The second kappa shape index (κ2) is 18.4. The van der Waals surface area contributed by atoms with Crippen LogP contribution >= 0.6 is 11.8 Å². The molecule has 0 spiro atoms. The van der Waals surface area contributed by atoms with Crippen LogP contribution in [-0.4, -0.2) is 59.8 Å². The van der Waals surface area contributed by atoms with E-state index in [4.69, 9.17) is 18.9 Å². The first-order valence-corrected chi connectivity index (χ1v) is 15.0. The largest absolute Gasteiger partial charge is 0.463 e. The number of unbranched alkanes of at least 4 members (excludes halogenated alkanes) is 9. The number of hydrogen-bond donors (Lipinski definition) is 0. The molecule has 38 heavy (non-hydrogen) atoms. The lowest BCUT2D eigenvalue weighted by Crippen LogP contribution is -2.48. The Bertz CT molecular complexity index is 773. The summed E-state index contributed by atoms with van der Waals surface area (Å²) < 4.78 is 22.0. The van der Waals surface area contributed by atoms with E-state index >= 15 is 0 Å². The fourth-order valence-electron chi connectivity index (χ4n) is 3.87. The summed E-state index contributed by atoms with van der Waals surface area (Å²) >= 11 is 1.14. The average molecular weight is 557 g/mol. The second-order valence-electron chi connectivity index (χ2n) is 10.8. The van der Waals surface area contributed by atoms with Gasteiger partial charge in [0.05, 0.1) is 5.41 Å². The first kappa shape index (κ1) is 34.2. The summed E-state index contributed by atoms with van der Waals surface area (Å²) in [6, 6.07) is 0. The first-order chi connectivity index (χ1) is 18.0. The molecule has 0 aromatic rings. The highest BCUT2D eigenvalue weighted by Gasteiger charge is 2.40. The average Bonchev–Trinajstić information content (AvgIpc) is 2.84. The molecule has 0 aromatic carbocycles. The van der Waals surface area contributed by atoms with Crippen molar-refractivity contribution in [1.82, 2.24) is 0 Å². The van der Waals surface area contributed by atoms with Gasteiger partial charge >= 0.3 is 17.9 Å². The molecule has 0 radical (unpaired) electrons. The van der Waals surface area contributed by atoms with E-state index < -0.39 is 47.7 Å². The summed E-state index contributed by atoms with van der Waals surface area (Å²) in [7, 11) is 0. The Labute approximate surface area is 232 Å². The van der Waals surface area contributed by atoms with Crippen LogP contribution < -0.4 is 0 Å². The molecule has 4 atom stereocenters. The lowest BCUT2D eigenvalue weighted by Gasteiger charge is -2.34. The van der Waals surface area contributed by atoms with Crippen molar-refractivity contribution in [2.24, 2.45) is 5.41 Å². The van der Waals surface area contributed by atoms with E-state index in [0.29, 0.717) is 5.75 Å². The van der Waals surface area contributed by atoms with Gasteiger partial charge in [0.25, 0.3) is 0 Å². The number of carbonyl (C=O) groups is 4. The molecular weight excluding hydrogens is 508 g/mol. The van der Waals surface area contributed by atoms with E-state index in [0.717, 1.165) is 31.0 Å². The van der Waals surface area contributed by atoms with Gasteiger partial charge in [-0.1, -0.05) is 82.5 Å². The van der Waals surface area contributed by atoms with Crippen molar-refractivity contribution >= 4 is 34.8 Å². The number of ether oxygens (including phenoxy) is 4. The zero-order valence-electron chi connectivity index (χ0n) is 24.1. The highest BCUT2D eigenvalue weighted by atomic mass is 32.2. The molecule has 1 aliphatic rings. The highest BCUT2D eigenvalue weighted by molar-refractivity contribution is 8.13. The summed E-state index contributed by atoms with van der Waals surface area (Å²) in [5, 5.41) is -0.301. The molecule has 0 saturated heterocycles. The van der Waals surface area contributed by atoms with Crippen molar-refractivity contribution in [3.63, 3.8) is 0 Å². The first-order valence-electron chi connectivity index (χ1n) is 14.0. The Hall–Kier alpha value is -1.87. The van der Waals surface area contributed by atoms with Crippen molar-refractivity contribution in [2.45, 2.75) is 130 Å². The molecule has 0 aliphatic carbocycles. The summed E-state index contributed by atoms with van der Waals surface area (Å²) in [4.78, 5) is 48.7. The quantitative estimate of drug-likeness (QED) is 0.0931. The van der Waals surface area contributed by atoms with Gasteiger partial charge < -0.3 is 18.9 Å². The van der Waals surface area contributed by atoms with E-state index in [1.54, 1.807) is 32.9 Å². The molecule has 218 valence electrons. The van der Waals surface area contributed by atoms with Crippen LogP contribution in [0.15, 0.2) is 12.2 Å². The Morgan fingerprint density at radius 3 is 1.97 bits per heavy atom. The van der Waals surface area contributed by atoms with Crippen LogP contribution in [0.25, 0.3) is 0 Å². The van der Waals surface area contributed by atoms with Gasteiger partial charge in [-0.3, -0.25) is 19.2 Å². The fraction of sp³-hybridized carbons (Fsp3) is 0.793. The van der Waals surface area contributed by atoms with Crippen LogP contribution in [0.5, 0.6) is 0 Å². The molecule has 8 nitrogen and oxygen atoms in total. The zero-order chi connectivity index (χ0) is 28.6. The van der Waals surface area contributed by atoms with Crippen molar-refractivity contribution < 1.29 is 38.1 Å². The zero-order valence-corrected chi connectivity index (χ0v) is 24.9. The Kier molecular flexibility index (Phi) is 16.6. The summed E-state index contributed by atoms with van der Waals surface area (Å²) in [5.74, 6) is -0.929. The van der Waals surface area contributed by atoms with Gasteiger partial charge in [0, 0.05) is 19.6 Å². The van der Waals surface area contributed by atoms with Gasteiger partial charge in [-0.25, -0.2) is 0 Å². The number of hydrogen-bond acceptors (Lipinski definition) is 9. The van der Waals surface area contributed by atoms with Gasteiger partial charge in [0.2, 0.25) is 5.12 Å². The molecule has 0 saturated carbocycles. The lowest BCUT2D eigenvalue weighted by atomic mass is 9.97. The smallest absolute Gasteiger partial charge is 0.312 e. The molecular formula is C29H48O8S. The molecule has 9 heteroatoms. The molecule has 1 heterocycles. The molecule has 1 rings (SSSR count). The number of thioether (sulfide) groups is 1. The predicted octanol–water partition coefficient (Wildman–Crippen LogP) is 5.94. The van der Waals surface area contributed by atoms with Crippen molar-refractivity contribution in [3.05, 3.63) is 12.2 Å². The minimum Gasteiger partial charge on any atom is -0.463 e. The van der Waals surface area contributed by atoms with Crippen molar-refractivity contribution in [2.75, 3.05) is 12.4 Å². The second-order valence-corrected chi connectivity index (χ2v) is 11.9. The van der Waals surface area contributed by atoms with Gasteiger partial charge in [-0.15, -0.1) is 0 Å². The predicted molar refractivity (Wildman–Crippen MR) is 149 cm³/mol. The molecule has 0 N–H and O–H groups in total. The maximum atomic E-state index is 13.2. The van der Waals surface area contributed by atoms with Crippen molar-refractivity contribution in [3.8, 4) is 0 Å². The van der Waals surface area contributed by atoms with Gasteiger partial charge in [-0.2, -0.15) is 0 Å². The number of esters is 3. The molecule has 1 aliphatic heterocycles. The van der Waals surface area contributed by atoms with Crippen LogP contribution in [0.3, 0.4) is 0 Å². The van der Waals surface area contributed by atoms with E-state index in [-0.39, 0.29) is 11.7 Å². The topological polar surface area (TPSA) is 105 Å². The Balaban J connectivity index is 2.72. The Morgan fingerprint density at radius 2 is 1.45 bits per heavy atom. The lowest BCUT2D eigenvalue weighted by molar-refractivity contribution is -0.180. The third-order valence-corrected chi connectivity index (χ3v) is 7.07. The number of rotatable bonds is 17. The molecule has 0 unspecified atom stereocenters. The van der Waals surface area contributed by atoms with Crippen LogP contribution in [-0.2, 0) is 38.1 Å². The van der Waals surface area contributed by atoms with E-state index in [2.05, 4.69) is 6.92 Å². The van der Waals surface area contributed by atoms with Gasteiger partial charge in [-0.05, 0) is 33.3 Å². The summed E-state index contributed by atoms with van der Waals surface area (Å²) in [6.07, 6.45) is 11.5. The summed E-state index contributed by atoms with van der Waals surface area (Å²) in [5.41, 5.74) is -0.810. The number of carbonyl (C=O) groups excluding carboxylic acids is 4. The minimum atomic E-state index is -1.18. The van der Waals surface area contributed by atoms with Crippen molar-refractivity contribution in [1.29, 1.82) is 0 Å². The van der Waals surface area contributed by atoms with Crippen LogP contribution in [0.2, 0.25) is 0 Å². The summed E-state index contributed by atoms with van der Waals surface area (Å²) in [6.45, 7) is 9.72. The maximum absolute atomic E-state index is 13.2. The third-order valence-electron chi connectivity index (χ3n) is 6.06. The van der Waals surface area contributed by atoms with Crippen LogP contribution in [0, 0.1) is 5.41 Å². The standard InChI is InChI=1S/C29H48O8S/c1-7-8-9-10-11-12-13-14-15-16-19-38-27(32)26(37-28(33)29(4,5)6)24-18-17-23(35-22(3)31)25(36-24)20-34-21(2)30/h17-18,23-26H,7-16,19-20H2,1-6H3/t23-,24-,25+,26+/m0/s1.